The second kappa shape index (κ2) is 4.75. The Kier molecular flexibility index (Phi) is 2.98. The van der Waals surface area contributed by atoms with Crippen molar-refractivity contribution in [2.24, 2.45) is 5.92 Å². The minimum absolute atomic E-state index is 0.287. The number of hydrogen-bond acceptors (Lipinski definition) is 3. The van der Waals surface area contributed by atoms with E-state index in [2.05, 4.69) is 36.3 Å². The van der Waals surface area contributed by atoms with E-state index in [1.54, 1.807) is 7.11 Å². The highest BCUT2D eigenvalue weighted by molar-refractivity contribution is 5.88. The van der Waals surface area contributed by atoms with Gasteiger partial charge in [-0.15, -0.1) is 0 Å². The number of rotatable bonds is 2. The van der Waals surface area contributed by atoms with Crippen LogP contribution in [0.5, 0.6) is 0 Å². The van der Waals surface area contributed by atoms with E-state index in [9.17, 15) is 5.11 Å². The molecule has 1 saturated heterocycles. The van der Waals surface area contributed by atoms with Crippen LogP contribution >= 0.6 is 0 Å². The number of fused-ring (bicyclic) bond motifs is 2. The summed E-state index contributed by atoms with van der Waals surface area (Å²) >= 11 is 0. The molecule has 2 aromatic rings. The minimum atomic E-state index is 0.287. The molecule has 0 radical (unpaired) electrons. The summed E-state index contributed by atoms with van der Waals surface area (Å²) in [6.45, 7) is 1.28. The zero-order valence-corrected chi connectivity index (χ0v) is 12.6. The summed E-state index contributed by atoms with van der Waals surface area (Å²) in [7, 11) is 3.91. The first-order chi connectivity index (χ1) is 10.2. The van der Waals surface area contributed by atoms with Gasteiger partial charge < -0.3 is 14.8 Å². The third kappa shape index (κ3) is 1.82. The lowest BCUT2D eigenvalue weighted by Crippen LogP contribution is -2.48. The van der Waals surface area contributed by atoms with Crippen molar-refractivity contribution in [1.82, 2.24) is 9.63 Å². The van der Waals surface area contributed by atoms with Crippen molar-refractivity contribution in [3.8, 4) is 0 Å². The first-order valence-electron chi connectivity index (χ1n) is 7.71. The molecule has 1 aromatic carbocycles. The Morgan fingerprint density at radius 3 is 3.00 bits per heavy atom. The van der Waals surface area contributed by atoms with Crippen LogP contribution in [-0.4, -0.2) is 48.1 Å². The molecule has 1 N–H and O–H groups in total. The van der Waals surface area contributed by atoms with E-state index in [4.69, 9.17) is 4.84 Å². The van der Waals surface area contributed by atoms with Crippen molar-refractivity contribution in [3.63, 3.8) is 0 Å². The Labute approximate surface area is 124 Å². The fourth-order valence-corrected chi connectivity index (χ4v) is 4.41. The SMILES string of the molecule is COn1cc2c3c(cccc31)[C@H]1C[C@H](CO)CN(C)[C@@H]1C2. The van der Waals surface area contributed by atoms with Crippen LogP contribution in [0.4, 0.5) is 0 Å². The van der Waals surface area contributed by atoms with E-state index >= 15 is 0 Å². The molecule has 0 unspecified atom stereocenters. The Hall–Kier alpha value is -1.52. The molecule has 1 aliphatic heterocycles. The summed E-state index contributed by atoms with van der Waals surface area (Å²) in [5, 5.41) is 10.9. The molecule has 0 amide bonds. The average molecular weight is 286 g/mol. The third-order valence-electron chi connectivity index (χ3n) is 5.35. The van der Waals surface area contributed by atoms with Crippen molar-refractivity contribution in [1.29, 1.82) is 0 Å². The number of hydrogen-bond donors (Lipinski definition) is 1. The Bertz CT molecular complexity index is 679. The number of benzene rings is 1. The highest BCUT2D eigenvalue weighted by Gasteiger charge is 2.39. The van der Waals surface area contributed by atoms with Crippen LogP contribution in [0.3, 0.4) is 0 Å². The number of piperidine rings is 1. The van der Waals surface area contributed by atoms with Gasteiger partial charge in [0.2, 0.25) is 0 Å². The van der Waals surface area contributed by atoms with E-state index in [0.29, 0.717) is 17.9 Å². The highest BCUT2D eigenvalue weighted by Crippen LogP contribution is 2.44. The van der Waals surface area contributed by atoms with Crippen LogP contribution in [0.15, 0.2) is 24.4 Å². The zero-order valence-electron chi connectivity index (χ0n) is 12.6. The van der Waals surface area contributed by atoms with E-state index in [0.717, 1.165) is 24.9 Å². The molecule has 4 nitrogen and oxygen atoms in total. The Morgan fingerprint density at radius 1 is 1.38 bits per heavy atom. The molecular formula is C17H22N2O2. The first-order valence-corrected chi connectivity index (χ1v) is 7.71. The molecule has 1 fully saturated rings. The van der Waals surface area contributed by atoms with Gasteiger partial charge in [-0.1, -0.05) is 12.1 Å². The minimum Gasteiger partial charge on any atom is -0.417 e. The molecule has 2 aliphatic rings. The lowest BCUT2D eigenvalue weighted by Gasteiger charge is -2.45. The van der Waals surface area contributed by atoms with Gasteiger partial charge in [0, 0.05) is 36.7 Å². The molecule has 112 valence electrons. The number of likely N-dealkylation sites (tertiary alicyclic amines) is 1. The first kappa shape index (κ1) is 13.2. The van der Waals surface area contributed by atoms with Crippen molar-refractivity contribution in [2.45, 2.75) is 24.8 Å². The maximum atomic E-state index is 9.58. The molecule has 1 aliphatic carbocycles. The molecule has 1 aromatic heterocycles. The van der Waals surface area contributed by atoms with Crippen molar-refractivity contribution in [2.75, 3.05) is 27.3 Å². The molecule has 4 heteroatoms. The van der Waals surface area contributed by atoms with Crippen molar-refractivity contribution < 1.29 is 9.94 Å². The summed E-state index contributed by atoms with van der Waals surface area (Å²) in [6.07, 6.45) is 4.29. The number of aliphatic hydroxyl groups excluding tert-OH is 1. The molecule has 21 heavy (non-hydrogen) atoms. The predicted octanol–water partition coefficient (Wildman–Crippen LogP) is 1.65. The number of nitrogens with zero attached hydrogens (tertiary/aromatic N) is 2. The molecule has 3 atom stereocenters. The van der Waals surface area contributed by atoms with E-state index in [1.165, 1.54) is 16.5 Å². The molecule has 0 bridgehead atoms. The summed E-state index contributed by atoms with van der Waals surface area (Å²) in [4.78, 5) is 7.91. The largest absolute Gasteiger partial charge is 0.417 e. The van der Waals surface area contributed by atoms with Gasteiger partial charge >= 0.3 is 0 Å². The topological polar surface area (TPSA) is 37.6 Å². The highest BCUT2D eigenvalue weighted by atomic mass is 16.6. The van der Waals surface area contributed by atoms with Gasteiger partial charge in [0.1, 0.15) is 7.11 Å². The summed E-state index contributed by atoms with van der Waals surface area (Å²) in [5.74, 6) is 0.905. The van der Waals surface area contributed by atoms with Gasteiger partial charge in [-0.25, -0.2) is 0 Å². The van der Waals surface area contributed by atoms with Gasteiger partial charge in [0.05, 0.1) is 5.52 Å². The van der Waals surface area contributed by atoms with Crippen LogP contribution in [0, 0.1) is 5.92 Å². The standard InChI is InChI=1S/C17H22N2O2/c1-18-8-11(10-20)6-14-13-4-3-5-15-17(13)12(7-16(14)18)9-19(15)21-2/h3-5,9,11,14,16,20H,6-8,10H2,1-2H3/t11-,14+,16+/m0/s1. The fraction of sp³-hybridized carbons (Fsp3) is 0.529. The van der Waals surface area contributed by atoms with Gasteiger partial charge in [-0.05, 0) is 43.0 Å². The average Bonchev–Trinajstić information content (AvgIpc) is 2.87. The Morgan fingerprint density at radius 2 is 2.24 bits per heavy atom. The number of aromatic nitrogens is 1. The van der Waals surface area contributed by atoms with Crippen molar-refractivity contribution >= 4 is 10.9 Å². The van der Waals surface area contributed by atoms with Crippen LogP contribution in [-0.2, 0) is 6.42 Å². The Balaban J connectivity index is 1.88. The predicted molar refractivity (Wildman–Crippen MR) is 82.5 cm³/mol. The van der Waals surface area contributed by atoms with Gasteiger partial charge in [-0.2, -0.15) is 4.73 Å². The summed E-state index contributed by atoms with van der Waals surface area (Å²) < 4.78 is 1.88. The van der Waals surface area contributed by atoms with Gasteiger partial charge in [-0.3, -0.25) is 0 Å². The van der Waals surface area contributed by atoms with E-state index in [-0.39, 0.29) is 6.61 Å². The van der Waals surface area contributed by atoms with Crippen LogP contribution in [0.2, 0.25) is 0 Å². The number of likely N-dealkylation sites (N-methyl/N-ethyl adjacent to an activating group) is 1. The van der Waals surface area contributed by atoms with Gasteiger partial charge in [0.25, 0.3) is 0 Å². The van der Waals surface area contributed by atoms with Crippen LogP contribution in [0.1, 0.15) is 23.5 Å². The zero-order chi connectivity index (χ0) is 14.6. The molecule has 4 rings (SSSR count). The summed E-state index contributed by atoms with van der Waals surface area (Å²) in [6, 6.07) is 7.05. The number of aliphatic hydroxyl groups is 1. The van der Waals surface area contributed by atoms with Crippen molar-refractivity contribution in [3.05, 3.63) is 35.5 Å². The lowest BCUT2D eigenvalue weighted by atomic mass is 9.72. The quantitative estimate of drug-likeness (QED) is 0.912. The van der Waals surface area contributed by atoms with E-state index < -0.39 is 0 Å². The summed E-state index contributed by atoms with van der Waals surface area (Å²) in [5.41, 5.74) is 3.98. The van der Waals surface area contributed by atoms with Crippen LogP contribution < -0.4 is 4.84 Å². The lowest BCUT2D eigenvalue weighted by molar-refractivity contribution is 0.0771. The smallest absolute Gasteiger partial charge is 0.104 e. The van der Waals surface area contributed by atoms with Crippen LogP contribution in [0.25, 0.3) is 10.9 Å². The monoisotopic (exact) mass is 286 g/mol. The maximum absolute atomic E-state index is 9.58. The fourth-order valence-electron chi connectivity index (χ4n) is 4.41. The van der Waals surface area contributed by atoms with Gasteiger partial charge in [0.15, 0.2) is 0 Å². The molecule has 2 heterocycles. The second-order valence-electron chi connectivity index (χ2n) is 6.51. The normalized spacial score (nSPS) is 28.6. The molecule has 0 saturated carbocycles. The maximum Gasteiger partial charge on any atom is 0.104 e. The molecule has 0 spiro atoms. The third-order valence-corrected chi connectivity index (χ3v) is 5.35. The molecular weight excluding hydrogens is 264 g/mol. The second-order valence-corrected chi connectivity index (χ2v) is 6.51. The van der Waals surface area contributed by atoms with E-state index in [1.807, 2.05) is 4.73 Å².